The van der Waals surface area contributed by atoms with Crippen LogP contribution in [0, 0.1) is 0 Å². The Morgan fingerprint density at radius 2 is 1.77 bits per heavy atom. The molecule has 2 aromatic rings. The number of rotatable bonds is 3. The van der Waals surface area contributed by atoms with Crippen molar-refractivity contribution in [3.8, 4) is 0 Å². The number of aromatic nitrogens is 1. The molecule has 1 aliphatic carbocycles. The molecule has 0 saturated heterocycles. The summed E-state index contributed by atoms with van der Waals surface area (Å²) < 4.78 is 28.0. The van der Waals surface area contributed by atoms with Gasteiger partial charge in [0.15, 0.2) is 0 Å². The summed E-state index contributed by atoms with van der Waals surface area (Å²) >= 11 is 0. The van der Waals surface area contributed by atoms with E-state index in [4.69, 9.17) is 5.73 Å². The predicted octanol–water partition coefficient (Wildman–Crippen LogP) is 2.20. The maximum absolute atomic E-state index is 12.6. The molecule has 120 valence electrons. The lowest BCUT2D eigenvalue weighted by molar-refractivity contribution is 0.373. The van der Waals surface area contributed by atoms with Crippen LogP contribution in [-0.2, 0) is 10.0 Å². The van der Waals surface area contributed by atoms with Gasteiger partial charge >= 0.3 is 0 Å². The number of nitrogens with zero attached hydrogens (tertiary/aromatic N) is 1. The van der Waals surface area contributed by atoms with E-state index in [2.05, 4.69) is 9.71 Å². The number of para-hydroxylation sites is 1. The van der Waals surface area contributed by atoms with Crippen molar-refractivity contribution in [3.63, 3.8) is 0 Å². The Morgan fingerprint density at radius 3 is 2.50 bits per heavy atom. The standard InChI is InChI=1S/C15H19N3O2S.ClH/c16-12-6-8-13(9-7-12)18-21(19,20)14-5-1-3-11-4-2-10-17-15(11)14;/h1-5,10,12-13,18H,6-9,16H2;1H. The number of fused-ring (bicyclic) bond motifs is 1. The van der Waals surface area contributed by atoms with Gasteiger partial charge in [-0.3, -0.25) is 4.98 Å². The molecule has 0 aliphatic heterocycles. The molecule has 0 bridgehead atoms. The van der Waals surface area contributed by atoms with Gasteiger partial charge in [0.1, 0.15) is 4.90 Å². The van der Waals surface area contributed by atoms with E-state index >= 15 is 0 Å². The maximum atomic E-state index is 12.6. The van der Waals surface area contributed by atoms with Crippen molar-refractivity contribution in [1.29, 1.82) is 0 Å². The molecule has 0 spiro atoms. The summed E-state index contributed by atoms with van der Waals surface area (Å²) in [5, 5.41) is 0.825. The van der Waals surface area contributed by atoms with Crippen LogP contribution in [0.5, 0.6) is 0 Å². The van der Waals surface area contributed by atoms with Crippen LogP contribution in [-0.4, -0.2) is 25.5 Å². The van der Waals surface area contributed by atoms with Gasteiger partial charge in [-0.15, -0.1) is 12.4 Å². The van der Waals surface area contributed by atoms with Crippen molar-refractivity contribution >= 4 is 33.3 Å². The van der Waals surface area contributed by atoms with Crippen LogP contribution >= 0.6 is 12.4 Å². The van der Waals surface area contributed by atoms with Crippen LogP contribution in [0.1, 0.15) is 25.7 Å². The van der Waals surface area contributed by atoms with Crippen molar-refractivity contribution in [1.82, 2.24) is 9.71 Å². The largest absolute Gasteiger partial charge is 0.328 e. The van der Waals surface area contributed by atoms with Crippen LogP contribution in [0.15, 0.2) is 41.4 Å². The van der Waals surface area contributed by atoms with Crippen LogP contribution in [0.25, 0.3) is 10.9 Å². The van der Waals surface area contributed by atoms with Crippen LogP contribution in [0.2, 0.25) is 0 Å². The SMILES string of the molecule is Cl.NC1CCC(NS(=O)(=O)c2cccc3cccnc23)CC1. The second-order valence-corrected chi connectivity index (χ2v) is 7.25. The van der Waals surface area contributed by atoms with Crippen molar-refractivity contribution in [2.75, 3.05) is 0 Å². The van der Waals surface area contributed by atoms with Gasteiger partial charge < -0.3 is 5.73 Å². The van der Waals surface area contributed by atoms with Gasteiger partial charge in [0.05, 0.1) is 5.52 Å². The lowest BCUT2D eigenvalue weighted by atomic mass is 9.93. The molecule has 1 fully saturated rings. The summed E-state index contributed by atoms with van der Waals surface area (Å²) in [5.41, 5.74) is 6.37. The Morgan fingerprint density at radius 1 is 1.09 bits per heavy atom. The first kappa shape index (κ1) is 17.1. The van der Waals surface area contributed by atoms with Gasteiger partial charge in [-0.1, -0.05) is 18.2 Å². The number of nitrogens with two attached hydrogens (primary N) is 1. The number of benzene rings is 1. The number of sulfonamides is 1. The monoisotopic (exact) mass is 341 g/mol. The molecule has 7 heteroatoms. The average Bonchev–Trinajstić information content (AvgIpc) is 2.49. The maximum Gasteiger partial charge on any atom is 0.242 e. The van der Waals surface area contributed by atoms with Crippen molar-refractivity contribution < 1.29 is 8.42 Å². The number of hydrogen-bond acceptors (Lipinski definition) is 4. The molecule has 3 rings (SSSR count). The first-order chi connectivity index (χ1) is 10.1. The zero-order chi connectivity index (χ0) is 14.9. The summed E-state index contributed by atoms with van der Waals surface area (Å²) in [6, 6.07) is 9.04. The summed E-state index contributed by atoms with van der Waals surface area (Å²) in [6.45, 7) is 0. The Kier molecular flexibility index (Phi) is 5.39. The molecular weight excluding hydrogens is 322 g/mol. The highest BCUT2D eigenvalue weighted by Gasteiger charge is 2.25. The molecule has 22 heavy (non-hydrogen) atoms. The number of hydrogen-bond donors (Lipinski definition) is 2. The molecule has 1 aromatic heterocycles. The second kappa shape index (κ2) is 6.91. The highest BCUT2D eigenvalue weighted by atomic mass is 35.5. The Balaban J connectivity index is 0.00000176. The third-order valence-corrected chi connectivity index (χ3v) is 5.53. The van der Waals surface area contributed by atoms with Crippen LogP contribution in [0.3, 0.4) is 0 Å². The summed E-state index contributed by atoms with van der Waals surface area (Å²) in [4.78, 5) is 4.46. The first-order valence-corrected chi connectivity index (χ1v) is 8.66. The molecule has 3 N–H and O–H groups in total. The van der Waals surface area contributed by atoms with E-state index < -0.39 is 10.0 Å². The Bertz CT molecular complexity index is 738. The van der Waals surface area contributed by atoms with Gasteiger partial charge in [-0.25, -0.2) is 13.1 Å². The Labute approximate surface area is 136 Å². The van der Waals surface area contributed by atoms with Crippen molar-refractivity contribution in [2.45, 2.75) is 42.7 Å². The number of halogens is 1. The van der Waals surface area contributed by atoms with E-state index in [-0.39, 0.29) is 29.4 Å². The molecule has 1 aliphatic rings. The van der Waals surface area contributed by atoms with Crippen LogP contribution < -0.4 is 10.5 Å². The van der Waals surface area contributed by atoms with E-state index in [9.17, 15) is 8.42 Å². The van der Waals surface area contributed by atoms with Crippen molar-refractivity contribution in [2.24, 2.45) is 5.73 Å². The van der Waals surface area contributed by atoms with Gasteiger partial charge in [-0.2, -0.15) is 0 Å². The first-order valence-electron chi connectivity index (χ1n) is 7.18. The van der Waals surface area contributed by atoms with E-state index in [0.29, 0.717) is 5.52 Å². The minimum atomic E-state index is -3.56. The third-order valence-electron chi connectivity index (χ3n) is 3.98. The van der Waals surface area contributed by atoms with Gasteiger partial charge in [0.25, 0.3) is 0 Å². The van der Waals surface area contributed by atoms with Gasteiger partial charge in [0, 0.05) is 23.7 Å². The number of pyridine rings is 1. The molecule has 1 saturated carbocycles. The summed E-state index contributed by atoms with van der Waals surface area (Å²) in [7, 11) is -3.56. The van der Waals surface area contributed by atoms with E-state index in [1.165, 1.54) is 0 Å². The van der Waals surface area contributed by atoms with E-state index in [1.54, 1.807) is 24.4 Å². The second-order valence-electron chi connectivity index (χ2n) is 5.56. The molecule has 1 heterocycles. The fourth-order valence-corrected chi connectivity index (χ4v) is 4.30. The molecule has 0 unspecified atom stereocenters. The molecular formula is C15H20ClN3O2S. The minimum Gasteiger partial charge on any atom is -0.328 e. The number of nitrogens with one attached hydrogen (secondary N) is 1. The van der Waals surface area contributed by atoms with Crippen LogP contribution in [0.4, 0.5) is 0 Å². The molecule has 1 aromatic carbocycles. The van der Waals surface area contributed by atoms with Gasteiger partial charge in [-0.05, 0) is 37.8 Å². The van der Waals surface area contributed by atoms with E-state index in [0.717, 1.165) is 31.1 Å². The van der Waals surface area contributed by atoms with E-state index in [1.807, 2.05) is 12.1 Å². The van der Waals surface area contributed by atoms with Gasteiger partial charge in [0.2, 0.25) is 10.0 Å². The highest BCUT2D eigenvalue weighted by molar-refractivity contribution is 7.89. The average molecular weight is 342 g/mol. The van der Waals surface area contributed by atoms with Crippen molar-refractivity contribution in [3.05, 3.63) is 36.5 Å². The zero-order valence-electron chi connectivity index (χ0n) is 12.1. The minimum absolute atomic E-state index is 0. The molecule has 5 nitrogen and oxygen atoms in total. The summed E-state index contributed by atoms with van der Waals surface area (Å²) in [6.07, 6.45) is 4.92. The molecule has 0 radical (unpaired) electrons. The highest BCUT2D eigenvalue weighted by Crippen LogP contribution is 2.23. The quantitative estimate of drug-likeness (QED) is 0.896. The predicted molar refractivity (Wildman–Crippen MR) is 89.5 cm³/mol. The molecule has 0 atom stereocenters. The fraction of sp³-hybridized carbons (Fsp3) is 0.400. The topological polar surface area (TPSA) is 85.1 Å². The lowest BCUT2D eigenvalue weighted by Gasteiger charge is -2.26. The lowest BCUT2D eigenvalue weighted by Crippen LogP contribution is -2.40. The smallest absolute Gasteiger partial charge is 0.242 e. The Hall–Kier alpha value is -1.21. The fourth-order valence-electron chi connectivity index (χ4n) is 2.81. The third kappa shape index (κ3) is 3.57. The zero-order valence-corrected chi connectivity index (χ0v) is 13.7. The normalized spacial score (nSPS) is 22.2. The molecule has 0 amide bonds. The summed E-state index contributed by atoms with van der Waals surface area (Å²) in [5.74, 6) is 0.